The van der Waals surface area contributed by atoms with E-state index in [1.54, 1.807) is 0 Å². The minimum atomic E-state index is -1.65. The summed E-state index contributed by atoms with van der Waals surface area (Å²) in [6.45, 7) is 1.34. The van der Waals surface area contributed by atoms with Gasteiger partial charge in [0.05, 0.1) is 0 Å². The number of hydrogen-bond donors (Lipinski definition) is 1. The lowest BCUT2D eigenvalue weighted by Crippen LogP contribution is -2.37. The van der Waals surface area contributed by atoms with E-state index in [1.807, 2.05) is 53.8 Å². The van der Waals surface area contributed by atoms with E-state index < -0.39 is 18.2 Å². The molecule has 1 amide bonds. The van der Waals surface area contributed by atoms with Gasteiger partial charge in [-0.3, -0.25) is 9.68 Å². The molecule has 0 saturated heterocycles. The second-order valence-electron chi connectivity index (χ2n) is 5.55. The molecule has 5 nitrogen and oxygen atoms in total. The van der Waals surface area contributed by atoms with Gasteiger partial charge in [0.1, 0.15) is 12.6 Å². The standard InChI is InChI=1S/C18H16FNO4/c1-11(17(19)21)20-18(22)24-23-10-16-14-8-4-2-6-12(14)13-7-3-5-9-15(13)16/h2-9,11,16H,10H2,1H3,(H,20,22)/t11-/m1/s1. The van der Waals surface area contributed by atoms with Crippen molar-refractivity contribution < 1.29 is 23.8 Å². The van der Waals surface area contributed by atoms with Gasteiger partial charge < -0.3 is 5.32 Å². The Labute approximate surface area is 138 Å². The average Bonchev–Trinajstić information content (AvgIpc) is 2.89. The van der Waals surface area contributed by atoms with Crippen LogP contribution in [-0.2, 0) is 14.6 Å². The number of fused-ring (bicyclic) bond motifs is 3. The van der Waals surface area contributed by atoms with Crippen LogP contribution in [0, 0.1) is 0 Å². The Hall–Kier alpha value is -2.73. The highest BCUT2D eigenvalue weighted by Gasteiger charge is 2.28. The first-order valence-corrected chi connectivity index (χ1v) is 7.55. The molecule has 124 valence electrons. The summed E-state index contributed by atoms with van der Waals surface area (Å²) in [6, 6.07) is 13.0. The van der Waals surface area contributed by atoms with Gasteiger partial charge in [-0.2, -0.15) is 9.28 Å². The van der Waals surface area contributed by atoms with Crippen molar-refractivity contribution in [1.29, 1.82) is 0 Å². The summed E-state index contributed by atoms with van der Waals surface area (Å²) < 4.78 is 12.4. The fourth-order valence-corrected chi connectivity index (χ4v) is 2.85. The first kappa shape index (κ1) is 16.1. The summed E-state index contributed by atoms with van der Waals surface area (Å²) in [5.41, 5.74) is 4.44. The van der Waals surface area contributed by atoms with Crippen molar-refractivity contribution in [2.24, 2.45) is 0 Å². The zero-order chi connectivity index (χ0) is 17.1. The van der Waals surface area contributed by atoms with Crippen LogP contribution in [0.4, 0.5) is 9.18 Å². The second kappa shape index (κ2) is 6.80. The van der Waals surface area contributed by atoms with Gasteiger partial charge in [0, 0.05) is 5.92 Å². The number of hydrogen-bond acceptors (Lipinski definition) is 4. The molecule has 2 aromatic rings. The van der Waals surface area contributed by atoms with Crippen LogP contribution in [-0.4, -0.2) is 24.8 Å². The average molecular weight is 329 g/mol. The van der Waals surface area contributed by atoms with Gasteiger partial charge in [0.2, 0.25) is 0 Å². The molecule has 0 aromatic heterocycles. The molecule has 0 spiro atoms. The molecule has 3 rings (SSSR count). The maximum atomic E-state index is 12.4. The lowest BCUT2D eigenvalue weighted by Gasteiger charge is -2.13. The van der Waals surface area contributed by atoms with Gasteiger partial charge in [-0.15, -0.1) is 0 Å². The van der Waals surface area contributed by atoms with Crippen molar-refractivity contribution in [3.05, 3.63) is 59.7 Å². The van der Waals surface area contributed by atoms with Crippen molar-refractivity contribution >= 4 is 12.1 Å². The fraction of sp³-hybridized carbons (Fsp3) is 0.222. The maximum absolute atomic E-state index is 12.4. The summed E-state index contributed by atoms with van der Waals surface area (Å²) in [5.74, 6) is -0.0644. The topological polar surface area (TPSA) is 64.6 Å². The second-order valence-corrected chi connectivity index (χ2v) is 5.55. The number of rotatable bonds is 5. The Kier molecular flexibility index (Phi) is 4.57. The Morgan fingerprint density at radius 3 is 2.17 bits per heavy atom. The highest BCUT2D eigenvalue weighted by atomic mass is 19.1. The number of halogens is 1. The molecule has 1 N–H and O–H groups in total. The number of amides is 1. The number of carbonyl (C=O) groups excluding carboxylic acids is 2. The molecular weight excluding hydrogens is 313 g/mol. The quantitative estimate of drug-likeness (QED) is 0.519. The van der Waals surface area contributed by atoms with E-state index in [0.717, 1.165) is 22.3 Å². The third kappa shape index (κ3) is 3.14. The molecule has 0 bridgehead atoms. The molecular formula is C18H16FNO4. The molecule has 0 radical (unpaired) electrons. The molecule has 6 heteroatoms. The predicted molar refractivity (Wildman–Crippen MR) is 84.9 cm³/mol. The normalized spacial score (nSPS) is 13.8. The summed E-state index contributed by atoms with van der Waals surface area (Å²) >= 11 is 0. The highest BCUT2D eigenvalue weighted by molar-refractivity contribution is 5.80. The van der Waals surface area contributed by atoms with E-state index in [4.69, 9.17) is 4.89 Å². The minimum Gasteiger partial charge on any atom is -0.307 e. The van der Waals surface area contributed by atoms with Gasteiger partial charge in [0.15, 0.2) is 0 Å². The zero-order valence-electron chi connectivity index (χ0n) is 13.0. The van der Waals surface area contributed by atoms with Crippen molar-refractivity contribution in [2.45, 2.75) is 18.9 Å². The van der Waals surface area contributed by atoms with Crippen LogP contribution < -0.4 is 5.32 Å². The van der Waals surface area contributed by atoms with Crippen LogP contribution in [0.1, 0.15) is 24.0 Å². The smallest absolute Gasteiger partial charge is 0.307 e. The predicted octanol–water partition coefficient (Wildman–Crippen LogP) is 3.34. The van der Waals surface area contributed by atoms with E-state index in [2.05, 4.69) is 4.89 Å². The van der Waals surface area contributed by atoms with Crippen LogP contribution in [0.15, 0.2) is 48.5 Å². The molecule has 24 heavy (non-hydrogen) atoms. The Balaban J connectivity index is 1.66. The Morgan fingerprint density at radius 1 is 1.08 bits per heavy atom. The van der Waals surface area contributed by atoms with Crippen LogP contribution >= 0.6 is 0 Å². The van der Waals surface area contributed by atoms with E-state index in [1.165, 1.54) is 6.92 Å². The van der Waals surface area contributed by atoms with Gasteiger partial charge in [-0.25, -0.2) is 4.79 Å². The van der Waals surface area contributed by atoms with Gasteiger partial charge in [-0.05, 0) is 29.2 Å². The first-order valence-electron chi connectivity index (χ1n) is 7.55. The van der Waals surface area contributed by atoms with Crippen molar-refractivity contribution in [1.82, 2.24) is 5.32 Å². The molecule has 0 heterocycles. The summed E-state index contributed by atoms with van der Waals surface area (Å²) in [7, 11) is 0. The zero-order valence-corrected chi connectivity index (χ0v) is 13.0. The third-order valence-electron chi connectivity index (χ3n) is 4.01. The maximum Gasteiger partial charge on any atom is 0.439 e. The van der Waals surface area contributed by atoms with Crippen molar-refractivity contribution in [3.63, 3.8) is 0 Å². The van der Waals surface area contributed by atoms with E-state index in [-0.39, 0.29) is 12.5 Å². The SMILES string of the molecule is C[C@@H](NC(=O)OOCC1c2ccccc2-c2ccccc21)C(=O)F. The first-order chi connectivity index (χ1) is 11.6. The Morgan fingerprint density at radius 2 is 1.62 bits per heavy atom. The minimum absolute atomic E-state index is 0.0644. The lowest BCUT2D eigenvalue weighted by molar-refractivity contribution is -0.240. The molecule has 0 aliphatic heterocycles. The Bertz CT molecular complexity index is 732. The van der Waals surface area contributed by atoms with Crippen LogP contribution in [0.2, 0.25) is 0 Å². The van der Waals surface area contributed by atoms with Crippen molar-refractivity contribution in [2.75, 3.05) is 6.61 Å². The molecule has 1 aliphatic rings. The molecule has 1 aliphatic carbocycles. The summed E-state index contributed by atoms with van der Waals surface area (Å²) in [6.07, 6.45) is -1.01. The molecule has 2 aromatic carbocycles. The molecule has 0 saturated carbocycles. The van der Waals surface area contributed by atoms with E-state index >= 15 is 0 Å². The molecule has 0 fully saturated rings. The molecule has 0 unspecified atom stereocenters. The molecule has 1 atom stereocenters. The summed E-state index contributed by atoms with van der Waals surface area (Å²) in [4.78, 5) is 31.5. The number of nitrogens with one attached hydrogen (secondary N) is 1. The highest BCUT2D eigenvalue weighted by Crippen LogP contribution is 2.44. The van der Waals surface area contributed by atoms with Crippen LogP contribution in [0.5, 0.6) is 0 Å². The summed E-state index contributed by atoms with van der Waals surface area (Å²) in [5, 5.41) is 2.03. The van der Waals surface area contributed by atoms with Crippen LogP contribution in [0.25, 0.3) is 11.1 Å². The van der Waals surface area contributed by atoms with Gasteiger partial charge in [-0.1, -0.05) is 48.5 Å². The number of carbonyl (C=O) groups is 2. The van der Waals surface area contributed by atoms with Crippen LogP contribution in [0.3, 0.4) is 0 Å². The third-order valence-corrected chi connectivity index (χ3v) is 4.01. The van der Waals surface area contributed by atoms with E-state index in [0.29, 0.717) is 0 Å². The largest absolute Gasteiger partial charge is 0.439 e. The fourth-order valence-electron chi connectivity index (χ4n) is 2.85. The van der Waals surface area contributed by atoms with Crippen molar-refractivity contribution in [3.8, 4) is 11.1 Å². The van der Waals surface area contributed by atoms with Gasteiger partial charge >= 0.3 is 12.1 Å². The van der Waals surface area contributed by atoms with E-state index in [9.17, 15) is 14.0 Å². The lowest BCUT2D eigenvalue weighted by atomic mass is 9.98. The number of benzene rings is 2. The van der Waals surface area contributed by atoms with Gasteiger partial charge in [0.25, 0.3) is 0 Å². The monoisotopic (exact) mass is 329 g/mol.